The van der Waals surface area contributed by atoms with Crippen LogP contribution in [0.1, 0.15) is 15.9 Å². The van der Waals surface area contributed by atoms with Crippen LogP contribution in [0.3, 0.4) is 0 Å². The first kappa shape index (κ1) is 18.2. The fourth-order valence-electron chi connectivity index (χ4n) is 2.19. The van der Waals surface area contributed by atoms with Gasteiger partial charge in [0.15, 0.2) is 0 Å². The Kier molecular flexibility index (Phi) is 5.80. The van der Waals surface area contributed by atoms with E-state index in [2.05, 4.69) is 15.9 Å². The first-order valence-corrected chi connectivity index (χ1v) is 8.02. The SMILES string of the molecule is COc1ccc(Br)cc1CN(C)C(=O)c1ccc([N+](=O)[O-])cc1Cl. The maximum Gasteiger partial charge on any atom is 0.270 e. The Hall–Kier alpha value is -2.12. The van der Waals surface area contributed by atoms with E-state index < -0.39 is 4.92 Å². The summed E-state index contributed by atoms with van der Waals surface area (Å²) in [7, 11) is 3.18. The zero-order valence-corrected chi connectivity index (χ0v) is 15.3. The summed E-state index contributed by atoms with van der Waals surface area (Å²) in [4.78, 5) is 24.2. The molecule has 126 valence electrons. The molecule has 24 heavy (non-hydrogen) atoms. The molecule has 0 radical (unpaired) electrons. The monoisotopic (exact) mass is 412 g/mol. The lowest BCUT2D eigenvalue weighted by Crippen LogP contribution is -2.26. The number of methoxy groups -OCH3 is 1. The molecule has 0 aliphatic carbocycles. The lowest BCUT2D eigenvalue weighted by Gasteiger charge is -2.19. The van der Waals surface area contributed by atoms with E-state index in [0.717, 1.165) is 10.0 Å². The fourth-order valence-corrected chi connectivity index (χ4v) is 2.86. The van der Waals surface area contributed by atoms with Crippen LogP contribution in [0.5, 0.6) is 5.75 Å². The van der Waals surface area contributed by atoms with Crippen LogP contribution in [0.2, 0.25) is 5.02 Å². The molecule has 2 aromatic carbocycles. The van der Waals surface area contributed by atoms with Crippen LogP contribution in [-0.4, -0.2) is 29.9 Å². The Balaban J connectivity index is 2.24. The molecule has 6 nitrogen and oxygen atoms in total. The predicted molar refractivity (Wildman–Crippen MR) is 94.6 cm³/mol. The average Bonchev–Trinajstić information content (AvgIpc) is 2.54. The van der Waals surface area contributed by atoms with Gasteiger partial charge >= 0.3 is 0 Å². The highest BCUT2D eigenvalue weighted by atomic mass is 79.9. The second kappa shape index (κ2) is 7.63. The van der Waals surface area contributed by atoms with Crippen molar-refractivity contribution < 1.29 is 14.5 Å². The summed E-state index contributed by atoms with van der Waals surface area (Å²) < 4.78 is 6.16. The van der Waals surface area contributed by atoms with Gasteiger partial charge in [-0.3, -0.25) is 14.9 Å². The molecule has 0 aliphatic rings. The van der Waals surface area contributed by atoms with E-state index in [0.29, 0.717) is 12.3 Å². The molecule has 8 heteroatoms. The number of halogens is 2. The summed E-state index contributed by atoms with van der Waals surface area (Å²) in [6, 6.07) is 9.29. The maximum atomic E-state index is 12.6. The third-order valence-electron chi connectivity index (χ3n) is 3.39. The van der Waals surface area contributed by atoms with Gasteiger partial charge in [0.1, 0.15) is 5.75 Å². The molecule has 0 heterocycles. The highest BCUT2D eigenvalue weighted by molar-refractivity contribution is 9.10. The van der Waals surface area contributed by atoms with Crippen molar-refractivity contribution in [2.75, 3.05) is 14.2 Å². The first-order chi connectivity index (χ1) is 11.3. The molecule has 0 saturated carbocycles. The molecular weight excluding hydrogens is 400 g/mol. The average molecular weight is 414 g/mol. The number of nitro benzene ring substituents is 1. The number of benzene rings is 2. The zero-order chi connectivity index (χ0) is 17.9. The molecule has 0 unspecified atom stereocenters. The van der Waals surface area contributed by atoms with E-state index in [1.54, 1.807) is 20.2 Å². The van der Waals surface area contributed by atoms with Crippen molar-refractivity contribution in [3.8, 4) is 5.75 Å². The van der Waals surface area contributed by atoms with Gasteiger partial charge < -0.3 is 9.64 Å². The van der Waals surface area contributed by atoms with Crippen LogP contribution < -0.4 is 4.74 Å². The van der Waals surface area contributed by atoms with Crippen molar-refractivity contribution in [1.29, 1.82) is 0 Å². The molecule has 0 fully saturated rings. The van der Waals surface area contributed by atoms with Crippen molar-refractivity contribution in [1.82, 2.24) is 4.90 Å². The minimum Gasteiger partial charge on any atom is -0.496 e. The van der Waals surface area contributed by atoms with Gasteiger partial charge in [-0.25, -0.2) is 0 Å². The Morgan fingerprint density at radius 3 is 2.62 bits per heavy atom. The van der Waals surface area contributed by atoms with Crippen LogP contribution in [0.4, 0.5) is 5.69 Å². The van der Waals surface area contributed by atoms with Crippen LogP contribution >= 0.6 is 27.5 Å². The number of ether oxygens (including phenoxy) is 1. The summed E-state index contributed by atoms with van der Waals surface area (Å²) in [5, 5.41) is 10.8. The molecule has 0 aliphatic heterocycles. The minimum absolute atomic E-state index is 0.0438. The van der Waals surface area contributed by atoms with E-state index in [4.69, 9.17) is 16.3 Å². The van der Waals surface area contributed by atoms with Crippen LogP contribution in [0, 0.1) is 10.1 Å². The van der Waals surface area contributed by atoms with E-state index >= 15 is 0 Å². The van der Waals surface area contributed by atoms with Gasteiger partial charge in [-0.1, -0.05) is 27.5 Å². The quantitative estimate of drug-likeness (QED) is 0.541. The fraction of sp³-hybridized carbons (Fsp3) is 0.188. The minimum atomic E-state index is -0.559. The van der Waals surface area contributed by atoms with Crippen molar-refractivity contribution >= 4 is 39.1 Å². The number of hydrogen-bond acceptors (Lipinski definition) is 4. The van der Waals surface area contributed by atoms with Crippen LogP contribution in [0.25, 0.3) is 0 Å². The standard InChI is InChI=1S/C16H14BrClN2O4/c1-19(9-10-7-11(17)3-6-15(10)24-2)16(21)13-5-4-12(20(22)23)8-14(13)18/h3-8H,9H2,1-2H3. The molecule has 2 rings (SSSR count). The molecule has 0 atom stereocenters. The zero-order valence-electron chi connectivity index (χ0n) is 13.0. The molecule has 0 spiro atoms. The first-order valence-electron chi connectivity index (χ1n) is 6.85. The highest BCUT2D eigenvalue weighted by Gasteiger charge is 2.19. The Labute approximate surface area is 152 Å². The highest BCUT2D eigenvalue weighted by Crippen LogP contribution is 2.26. The van der Waals surface area contributed by atoms with E-state index in [1.165, 1.54) is 23.1 Å². The molecular formula is C16H14BrClN2O4. The molecule has 2 aromatic rings. The summed E-state index contributed by atoms with van der Waals surface area (Å²) in [6.07, 6.45) is 0. The maximum absolute atomic E-state index is 12.6. The summed E-state index contributed by atoms with van der Waals surface area (Å²) >= 11 is 9.40. The van der Waals surface area contributed by atoms with Gasteiger partial charge in [0.05, 0.1) is 22.6 Å². The van der Waals surface area contributed by atoms with E-state index in [-0.39, 0.29) is 22.2 Å². The van der Waals surface area contributed by atoms with Crippen molar-refractivity contribution in [2.45, 2.75) is 6.54 Å². The van der Waals surface area contributed by atoms with Gasteiger partial charge in [-0.05, 0) is 24.3 Å². The number of carbonyl (C=O) groups is 1. The Morgan fingerprint density at radius 2 is 2.04 bits per heavy atom. The lowest BCUT2D eigenvalue weighted by molar-refractivity contribution is -0.384. The molecule has 0 saturated heterocycles. The third-order valence-corrected chi connectivity index (χ3v) is 4.20. The van der Waals surface area contributed by atoms with Crippen molar-refractivity contribution in [3.63, 3.8) is 0 Å². The molecule has 0 bridgehead atoms. The van der Waals surface area contributed by atoms with Gasteiger partial charge in [0.25, 0.3) is 11.6 Å². The van der Waals surface area contributed by atoms with Gasteiger partial charge in [0.2, 0.25) is 0 Å². The molecule has 0 aromatic heterocycles. The Morgan fingerprint density at radius 1 is 1.33 bits per heavy atom. The molecule has 0 N–H and O–H groups in total. The van der Waals surface area contributed by atoms with Gasteiger partial charge in [-0.15, -0.1) is 0 Å². The second-order valence-corrected chi connectivity index (χ2v) is 6.36. The second-order valence-electron chi connectivity index (χ2n) is 5.04. The number of nitro groups is 1. The molecule has 1 amide bonds. The number of nitrogens with zero attached hydrogens (tertiary/aromatic N) is 2. The van der Waals surface area contributed by atoms with Crippen molar-refractivity contribution in [3.05, 3.63) is 67.1 Å². The summed E-state index contributed by atoms with van der Waals surface area (Å²) in [5.74, 6) is 0.324. The van der Waals surface area contributed by atoms with Crippen LogP contribution in [-0.2, 0) is 6.54 Å². The smallest absolute Gasteiger partial charge is 0.270 e. The largest absolute Gasteiger partial charge is 0.496 e. The lowest BCUT2D eigenvalue weighted by atomic mass is 10.1. The number of amides is 1. The summed E-state index contributed by atoms with van der Waals surface area (Å²) in [5.41, 5.74) is 0.868. The summed E-state index contributed by atoms with van der Waals surface area (Å²) in [6.45, 7) is 0.300. The number of carbonyl (C=O) groups excluding carboxylic acids is 1. The van der Waals surface area contributed by atoms with E-state index in [9.17, 15) is 14.9 Å². The third kappa shape index (κ3) is 4.04. The van der Waals surface area contributed by atoms with Gasteiger partial charge in [-0.2, -0.15) is 0 Å². The number of rotatable bonds is 5. The van der Waals surface area contributed by atoms with Crippen LogP contribution in [0.15, 0.2) is 40.9 Å². The number of non-ortho nitro benzene ring substituents is 1. The van der Waals surface area contributed by atoms with Crippen molar-refractivity contribution in [2.24, 2.45) is 0 Å². The number of hydrogen-bond donors (Lipinski definition) is 0. The van der Waals surface area contributed by atoms with Gasteiger partial charge in [0, 0.05) is 35.8 Å². The Bertz CT molecular complexity index is 798. The topological polar surface area (TPSA) is 72.7 Å². The van der Waals surface area contributed by atoms with E-state index in [1.807, 2.05) is 12.1 Å². The predicted octanol–water partition coefficient (Wildman–Crippen LogP) is 4.29. The normalized spacial score (nSPS) is 10.3.